The summed E-state index contributed by atoms with van der Waals surface area (Å²) in [5, 5.41) is 3.35. The summed E-state index contributed by atoms with van der Waals surface area (Å²) in [6, 6.07) is 0. The van der Waals surface area contributed by atoms with E-state index in [-0.39, 0.29) is 0 Å². The predicted octanol–water partition coefficient (Wildman–Crippen LogP) is 2.90. The summed E-state index contributed by atoms with van der Waals surface area (Å²) in [6.07, 6.45) is 7.96. The van der Waals surface area contributed by atoms with Gasteiger partial charge in [0.25, 0.3) is 0 Å². The van der Waals surface area contributed by atoms with Gasteiger partial charge in [0.2, 0.25) is 0 Å². The fourth-order valence-electron chi connectivity index (χ4n) is 1.04. The standard InChI is InChI=1S/C11H21N/c1-4-6-7-9-12-10-11(3)8-5-2/h5,8,12H,3-4,6-7,9-10H2,1-2H3/b8-5-. The lowest BCUT2D eigenvalue weighted by Gasteiger charge is -2.02. The summed E-state index contributed by atoms with van der Waals surface area (Å²) in [7, 11) is 0. The van der Waals surface area contributed by atoms with Crippen LogP contribution < -0.4 is 5.32 Å². The van der Waals surface area contributed by atoms with Gasteiger partial charge >= 0.3 is 0 Å². The van der Waals surface area contributed by atoms with E-state index in [1.165, 1.54) is 19.3 Å². The Balaban J connectivity index is 3.14. The molecule has 70 valence electrons. The number of rotatable bonds is 7. The van der Waals surface area contributed by atoms with Gasteiger partial charge in [0.05, 0.1) is 0 Å². The van der Waals surface area contributed by atoms with Gasteiger partial charge in [-0.2, -0.15) is 0 Å². The minimum absolute atomic E-state index is 0.925. The maximum Gasteiger partial charge on any atom is 0.0199 e. The Morgan fingerprint density at radius 3 is 2.75 bits per heavy atom. The van der Waals surface area contributed by atoms with Gasteiger partial charge in [0, 0.05) is 6.54 Å². The van der Waals surface area contributed by atoms with Gasteiger partial charge in [-0.05, 0) is 25.5 Å². The Hall–Kier alpha value is -0.560. The van der Waals surface area contributed by atoms with E-state index >= 15 is 0 Å². The Morgan fingerprint density at radius 2 is 2.17 bits per heavy atom. The highest BCUT2D eigenvalue weighted by atomic mass is 14.8. The van der Waals surface area contributed by atoms with Crippen molar-refractivity contribution in [3.63, 3.8) is 0 Å². The highest BCUT2D eigenvalue weighted by Crippen LogP contribution is 1.93. The average Bonchev–Trinajstić information content (AvgIpc) is 2.05. The molecule has 0 unspecified atom stereocenters. The number of unbranched alkanes of at least 4 members (excludes halogenated alkanes) is 2. The van der Waals surface area contributed by atoms with Crippen LogP contribution in [0, 0.1) is 0 Å². The Morgan fingerprint density at radius 1 is 1.42 bits per heavy atom. The molecule has 0 aliphatic rings. The lowest BCUT2D eigenvalue weighted by molar-refractivity contribution is 0.642. The monoisotopic (exact) mass is 167 g/mol. The van der Waals surface area contributed by atoms with Crippen LogP contribution in [-0.2, 0) is 0 Å². The second-order valence-corrected chi connectivity index (χ2v) is 3.04. The largest absolute Gasteiger partial charge is 0.313 e. The van der Waals surface area contributed by atoms with Gasteiger partial charge in [-0.25, -0.2) is 0 Å². The van der Waals surface area contributed by atoms with Crippen molar-refractivity contribution in [2.75, 3.05) is 13.1 Å². The fourth-order valence-corrected chi connectivity index (χ4v) is 1.04. The molecule has 1 nitrogen and oxygen atoms in total. The first kappa shape index (κ1) is 11.4. The quantitative estimate of drug-likeness (QED) is 0.454. The third-order valence-corrected chi connectivity index (χ3v) is 1.71. The van der Waals surface area contributed by atoms with Crippen LogP contribution in [0.4, 0.5) is 0 Å². The summed E-state index contributed by atoms with van der Waals surface area (Å²) in [5.41, 5.74) is 1.16. The molecular formula is C11H21N. The smallest absolute Gasteiger partial charge is 0.0199 e. The van der Waals surface area contributed by atoms with E-state index in [2.05, 4.69) is 18.8 Å². The van der Waals surface area contributed by atoms with Crippen molar-refractivity contribution in [3.05, 3.63) is 24.3 Å². The van der Waals surface area contributed by atoms with Crippen LogP contribution in [0.5, 0.6) is 0 Å². The molecule has 0 aromatic rings. The first-order valence-electron chi connectivity index (χ1n) is 4.82. The Bertz CT molecular complexity index is 136. The maximum absolute atomic E-state index is 3.91. The summed E-state index contributed by atoms with van der Waals surface area (Å²) in [6.45, 7) is 10.2. The van der Waals surface area contributed by atoms with Crippen LogP contribution in [0.3, 0.4) is 0 Å². The molecule has 0 aromatic carbocycles. The van der Waals surface area contributed by atoms with E-state index in [9.17, 15) is 0 Å². The highest BCUT2D eigenvalue weighted by molar-refractivity contribution is 5.14. The van der Waals surface area contributed by atoms with Gasteiger partial charge in [0.15, 0.2) is 0 Å². The van der Waals surface area contributed by atoms with Crippen molar-refractivity contribution in [1.29, 1.82) is 0 Å². The zero-order valence-electron chi connectivity index (χ0n) is 8.40. The van der Waals surface area contributed by atoms with Crippen LogP contribution in [0.15, 0.2) is 24.3 Å². The minimum Gasteiger partial charge on any atom is -0.313 e. The molecule has 0 aromatic heterocycles. The lowest BCUT2D eigenvalue weighted by atomic mass is 10.2. The van der Waals surface area contributed by atoms with E-state index in [0.717, 1.165) is 18.7 Å². The molecule has 1 N–H and O–H groups in total. The summed E-state index contributed by atoms with van der Waals surface area (Å²) >= 11 is 0. The van der Waals surface area contributed by atoms with E-state index in [1.807, 2.05) is 19.1 Å². The zero-order valence-corrected chi connectivity index (χ0v) is 8.40. The SMILES string of the molecule is C=C(/C=C\C)CNCCCCC. The van der Waals surface area contributed by atoms with Gasteiger partial charge in [-0.3, -0.25) is 0 Å². The average molecular weight is 167 g/mol. The molecule has 0 aliphatic heterocycles. The van der Waals surface area contributed by atoms with Crippen LogP contribution in [0.2, 0.25) is 0 Å². The number of nitrogens with one attached hydrogen (secondary N) is 1. The molecule has 0 fully saturated rings. The third kappa shape index (κ3) is 7.55. The molecule has 0 spiro atoms. The molecule has 0 aliphatic carbocycles. The maximum atomic E-state index is 3.91. The van der Waals surface area contributed by atoms with Crippen molar-refractivity contribution in [2.45, 2.75) is 33.1 Å². The molecule has 0 heterocycles. The molecule has 0 amide bonds. The van der Waals surface area contributed by atoms with Crippen molar-refractivity contribution in [2.24, 2.45) is 0 Å². The Labute approximate surface area is 76.6 Å². The molecule has 0 rings (SSSR count). The van der Waals surface area contributed by atoms with E-state index in [4.69, 9.17) is 0 Å². The van der Waals surface area contributed by atoms with Gasteiger partial charge in [-0.1, -0.05) is 38.5 Å². The molecule has 0 saturated heterocycles. The molecule has 0 bridgehead atoms. The van der Waals surface area contributed by atoms with Crippen molar-refractivity contribution in [1.82, 2.24) is 5.32 Å². The summed E-state index contributed by atoms with van der Waals surface area (Å²) < 4.78 is 0. The fraction of sp³-hybridized carbons (Fsp3) is 0.636. The summed E-state index contributed by atoms with van der Waals surface area (Å²) in [4.78, 5) is 0. The molecule has 0 saturated carbocycles. The topological polar surface area (TPSA) is 12.0 Å². The molecule has 0 radical (unpaired) electrons. The predicted molar refractivity (Wildman–Crippen MR) is 56.3 cm³/mol. The number of hydrogen-bond donors (Lipinski definition) is 1. The minimum atomic E-state index is 0.925. The van der Waals surface area contributed by atoms with Crippen LogP contribution in [0.1, 0.15) is 33.1 Å². The van der Waals surface area contributed by atoms with Crippen LogP contribution in [-0.4, -0.2) is 13.1 Å². The second kappa shape index (κ2) is 8.54. The van der Waals surface area contributed by atoms with Crippen molar-refractivity contribution < 1.29 is 0 Å². The first-order valence-corrected chi connectivity index (χ1v) is 4.82. The first-order chi connectivity index (χ1) is 5.81. The Kier molecular flexibility index (Phi) is 8.14. The van der Waals surface area contributed by atoms with Crippen molar-refractivity contribution >= 4 is 0 Å². The third-order valence-electron chi connectivity index (χ3n) is 1.71. The molecule has 1 heteroatoms. The van der Waals surface area contributed by atoms with E-state index < -0.39 is 0 Å². The van der Waals surface area contributed by atoms with Crippen LogP contribution in [0.25, 0.3) is 0 Å². The van der Waals surface area contributed by atoms with Gasteiger partial charge < -0.3 is 5.32 Å². The zero-order chi connectivity index (χ0) is 9.23. The van der Waals surface area contributed by atoms with Crippen LogP contribution >= 0.6 is 0 Å². The van der Waals surface area contributed by atoms with Crippen molar-refractivity contribution in [3.8, 4) is 0 Å². The highest BCUT2D eigenvalue weighted by Gasteiger charge is 1.88. The molecule has 0 atom stereocenters. The number of allylic oxidation sites excluding steroid dienone is 1. The molecular weight excluding hydrogens is 146 g/mol. The van der Waals surface area contributed by atoms with Gasteiger partial charge in [-0.15, -0.1) is 0 Å². The normalized spacial score (nSPS) is 10.8. The molecule has 12 heavy (non-hydrogen) atoms. The number of hydrogen-bond acceptors (Lipinski definition) is 1. The summed E-state index contributed by atoms with van der Waals surface area (Å²) in [5.74, 6) is 0. The lowest BCUT2D eigenvalue weighted by Crippen LogP contribution is -2.17. The van der Waals surface area contributed by atoms with E-state index in [1.54, 1.807) is 0 Å². The van der Waals surface area contributed by atoms with E-state index in [0.29, 0.717) is 0 Å². The second-order valence-electron chi connectivity index (χ2n) is 3.04. The van der Waals surface area contributed by atoms with Gasteiger partial charge in [0.1, 0.15) is 0 Å².